The molecule has 0 aliphatic heterocycles. The molecule has 4 rings (SSSR count). The molecule has 1 aromatic carbocycles. The number of rotatable bonds is 9. The van der Waals surface area contributed by atoms with Crippen LogP contribution in [0.4, 0.5) is 5.82 Å². The molecular formula is C19H21N11O3S. The average Bonchev–Trinajstić information content (AvgIpc) is 3.52. The molecule has 4 aromatic rings. The number of carbonyl (C=O) groups is 1. The fourth-order valence-corrected chi connectivity index (χ4v) is 3.66. The van der Waals surface area contributed by atoms with E-state index in [0.717, 1.165) is 11.3 Å². The van der Waals surface area contributed by atoms with E-state index in [4.69, 9.17) is 10.5 Å². The zero-order valence-electron chi connectivity index (χ0n) is 18.5. The number of anilines is 1. The molecule has 0 aliphatic rings. The second-order valence-corrected chi connectivity index (χ2v) is 8.16. The van der Waals surface area contributed by atoms with Gasteiger partial charge in [-0.2, -0.15) is 9.78 Å². The number of benzene rings is 1. The SMILES string of the molecule is CC(C)Oc1ccc(/C=N\NC(=O)c2nnn(-c3nonc3N)c2CSc2nncn2C)cc1. The summed E-state index contributed by atoms with van der Waals surface area (Å²) in [5, 5.41) is 27.8. The van der Waals surface area contributed by atoms with Crippen LogP contribution in [0.25, 0.3) is 5.82 Å². The van der Waals surface area contributed by atoms with E-state index in [1.54, 1.807) is 17.9 Å². The Bertz CT molecular complexity index is 1290. The highest BCUT2D eigenvalue weighted by Crippen LogP contribution is 2.24. The van der Waals surface area contributed by atoms with E-state index in [0.29, 0.717) is 10.9 Å². The van der Waals surface area contributed by atoms with Crippen LogP contribution in [-0.4, -0.2) is 58.3 Å². The van der Waals surface area contributed by atoms with Crippen molar-refractivity contribution in [3.63, 3.8) is 0 Å². The van der Waals surface area contributed by atoms with Crippen molar-refractivity contribution in [1.82, 2.24) is 45.5 Å². The number of aryl methyl sites for hydroxylation is 1. The lowest BCUT2D eigenvalue weighted by molar-refractivity contribution is 0.0949. The number of nitrogens with two attached hydrogens (primary N) is 1. The zero-order chi connectivity index (χ0) is 24.1. The van der Waals surface area contributed by atoms with Crippen LogP contribution in [0, 0.1) is 0 Å². The van der Waals surface area contributed by atoms with Crippen molar-refractivity contribution in [3.05, 3.63) is 47.5 Å². The molecule has 3 aromatic heterocycles. The molecule has 176 valence electrons. The van der Waals surface area contributed by atoms with Gasteiger partial charge in [0.15, 0.2) is 10.9 Å². The van der Waals surface area contributed by atoms with Gasteiger partial charge in [0.2, 0.25) is 11.6 Å². The summed E-state index contributed by atoms with van der Waals surface area (Å²) in [6.45, 7) is 3.91. The van der Waals surface area contributed by atoms with Crippen LogP contribution in [0.3, 0.4) is 0 Å². The number of hydrogen-bond donors (Lipinski definition) is 2. The van der Waals surface area contributed by atoms with E-state index in [1.807, 2.05) is 38.1 Å². The Labute approximate surface area is 197 Å². The first-order valence-corrected chi connectivity index (χ1v) is 11.0. The van der Waals surface area contributed by atoms with Crippen molar-refractivity contribution < 1.29 is 14.2 Å². The highest BCUT2D eigenvalue weighted by Gasteiger charge is 2.24. The normalized spacial score (nSPS) is 11.4. The molecule has 14 nitrogen and oxygen atoms in total. The van der Waals surface area contributed by atoms with Crippen LogP contribution in [0.1, 0.15) is 35.6 Å². The summed E-state index contributed by atoms with van der Waals surface area (Å²) in [6, 6.07) is 7.31. The number of hydrogen-bond acceptors (Lipinski definition) is 12. The third-order valence-corrected chi connectivity index (χ3v) is 5.36. The number of nitrogens with one attached hydrogen (secondary N) is 1. The zero-order valence-corrected chi connectivity index (χ0v) is 19.3. The molecule has 0 fully saturated rings. The second kappa shape index (κ2) is 10.1. The minimum atomic E-state index is -0.564. The minimum absolute atomic E-state index is 0.00433. The molecular weight excluding hydrogens is 462 g/mol. The third kappa shape index (κ3) is 5.20. The van der Waals surface area contributed by atoms with Gasteiger partial charge in [0.25, 0.3) is 5.91 Å². The smallest absolute Gasteiger partial charge is 0.293 e. The van der Waals surface area contributed by atoms with E-state index in [-0.39, 0.29) is 29.2 Å². The van der Waals surface area contributed by atoms with Gasteiger partial charge in [0, 0.05) is 12.8 Å². The number of aromatic nitrogens is 8. The molecule has 0 atom stereocenters. The number of carbonyl (C=O) groups excluding carboxylic acids is 1. The van der Waals surface area contributed by atoms with Crippen LogP contribution in [-0.2, 0) is 12.8 Å². The topological polar surface area (TPSA) is 177 Å². The van der Waals surface area contributed by atoms with E-state index in [1.165, 1.54) is 22.7 Å². The predicted octanol–water partition coefficient (Wildman–Crippen LogP) is 1.20. The Balaban J connectivity index is 1.51. The number of ether oxygens (including phenoxy) is 1. The summed E-state index contributed by atoms with van der Waals surface area (Å²) in [4.78, 5) is 12.8. The predicted molar refractivity (Wildman–Crippen MR) is 121 cm³/mol. The Morgan fingerprint density at radius 1 is 1.29 bits per heavy atom. The molecule has 0 spiro atoms. The van der Waals surface area contributed by atoms with Crippen LogP contribution in [0.15, 0.2) is 45.5 Å². The first-order chi connectivity index (χ1) is 16.4. The molecule has 0 saturated heterocycles. The standard InChI is InChI=1S/C19H21N11O3S/c1-11(2)32-13-6-4-12(5-7-13)8-21-24-18(31)15-14(9-34-19-25-22-10-29(19)3)30(28-23-15)17-16(20)26-33-27-17/h4-8,10-11H,9H2,1-3H3,(H2,20,26)(H,24,31)/b21-8-. The maximum absolute atomic E-state index is 12.8. The van der Waals surface area contributed by atoms with E-state index in [2.05, 4.69) is 46.0 Å². The summed E-state index contributed by atoms with van der Waals surface area (Å²) in [5.74, 6) is 0.567. The lowest BCUT2D eigenvalue weighted by Gasteiger charge is -2.09. The molecule has 0 radical (unpaired) electrons. The highest BCUT2D eigenvalue weighted by molar-refractivity contribution is 7.98. The number of nitrogen functional groups attached to an aromatic ring is 1. The number of hydrazone groups is 1. The number of amides is 1. The van der Waals surface area contributed by atoms with E-state index >= 15 is 0 Å². The van der Waals surface area contributed by atoms with Crippen LogP contribution < -0.4 is 15.9 Å². The first-order valence-electron chi connectivity index (χ1n) is 10.0. The molecule has 0 unspecified atom stereocenters. The minimum Gasteiger partial charge on any atom is -0.491 e. The number of nitrogens with zero attached hydrogens (tertiary/aromatic N) is 9. The summed E-state index contributed by atoms with van der Waals surface area (Å²) >= 11 is 1.33. The summed E-state index contributed by atoms with van der Waals surface area (Å²) in [7, 11) is 1.81. The van der Waals surface area contributed by atoms with Gasteiger partial charge in [0.05, 0.1) is 18.0 Å². The molecule has 1 amide bonds. The maximum Gasteiger partial charge on any atom is 0.293 e. The van der Waals surface area contributed by atoms with Crippen molar-refractivity contribution in [2.45, 2.75) is 30.9 Å². The Kier molecular flexibility index (Phi) is 6.82. The van der Waals surface area contributed by atoms with Crippen molar-refractivity contribution in [2.75, 3.05) is 5.73 Å². The first kappa shape index (κ1) is 22.9. The van der Waals surface area contributed by atoms with Gasteiger partial charge in [-0.05, 0) is 54.0 Å². The Morgan fingerprint density at radius 2 is 2.09 bits per heavy atom. The summed E-state index contributed by atoms with van der Waals surface area (Å²) in [5.41, 5.74) is 9.48. The van der Waals surface area contributed by atoms with Crippen LogP contribution in [0.2, 0.25) is 0 Å². The van der Waals surface area contributed by atoms with Crippen molar-refractivity contribution in [2.24, 2.45) is 12.1 Å². The molecule has 34 heavy (non-hydrogen) atoms. The molecule has 3 heterocycles. The van der Waals surface area contributed by atoms with Crippen molar-refractivity contribution in [1.29, 1.82) is 0 Å². The van der Waals surface area contributed by atoms with Crippen molar-refractivity contribution in [3.8, 4) is 11.6 Å². The van der Waals surface area contributed by atoms with Crippen LogP contribution in [0.5, 0.6) is 5.75 Å². The lowest BCUT2D eigenvalue weighted by atomic mass is 10.2. The largest absolute Gasteiger partial charge is 0.491 e. The molecule has 0 bridgehead atoms. The second-order valence-electron chi connectivity index (χ2n) is 7.22. The van der Waals surface area contributed by atoms with E-state index < -0.39 is 5.91 Å². The lowest BCUT2D eigenvalue weighted by Crippen LogP contribution is -2.20. The monoisotopic (exact) mass is 483 g/mol. The van der Waals surface area contributed by atoms with Gasteiger partial charge in [-0.15, -0.1) is 15.3 Å². The Hall–Kier alpha value is -4.27. The molecule has 0 saturated carbocycles. The molecule has 0 aliphatic carbocycles. The van der Waals surface area contributed by atoms with Gasteiger partial charge >= 0.3 is 0 Å². The summed E-state index contributed by atoms with van der Waals surface area (Å²) in [6.07, 6.45) is 3.16. The highest BCUT2D eigenvalue weighted by atomic mass is 32.2. The van der Waals surface area contributed by atoms with Gasteiger partial charge in [0.1, 0.15) is 12.1 Å². The van der Waals surface area contributed by atoms with Gasteiger partial charge in [-0.3, -0.25) is 4.79 Å². The van der Waals surface area contributed by atoms with Gasteiger partial charge in [-0.1, -0.05) is 17.0 Å². The number of thioether (sulfide) groups is 1. The molecule has 3 N–H and O–H groups in total. The van der Waals surface area contributed by atoms with Crippen molar-refractivity contribution >= 4 is 29.7 Å². The quantitative estimate of drug-likeness (QED) is 0.199. The van der Waals surface area contributed by atoms with Gasteiger partial charge < -0.3 is 15.0 Å². The maximum atomic E-state index is 12.8. The van der Waals surface area contributed by atoms with Crippen LogP contribution >= 0.6 is 11.8 Å². The fraction of sp³-hybridized carbons (Fsp3) is 0.263. The van der Waals surface area contributed by atoms with Gasteiger partial charge in [-0.25, -0.2) is 10.1 Å². The fourth-order valence-electron chi connectivity index (χ4n) is 2.77. The Morgan fingerprint density at radius 3 is 2.74 bits per heavy atom. The third-order valence-electron chi connectivity index (χ3n) is 4.31. The molecule has 15 heteroatoms. The van der Waals surface area contributed by atoms with E-state index in [9.17, 15) is 4.79 Å². The summed E-state index contributed by atoms with van der Waals surface area (Å²) < 4.78 is 13.3. The average molecular weight is 484 g/mol.